The van der Waals surface area contributed by atoms with Crippen LogP contribution in [0.2, 0.25) is 0 Å². The van der Waals surface area contributed by atoms with Crippen LogP contribution in [0.3, 0.4) is 0 Å². The van der Waals surface area contributed by atoms with Crippen LogP contribution in [-0.4, -0.2) is 27.5 Å². The third-order valence-electron chi connectivity index (χ3n) is 3.30. The Morgan fingerprint density at radius 3 is 2.50 bits per heavy atom. The number of carbonyl (C=O) groups excluding carboxylic acids is 1. The molecule has 0 radical (unpaired) electrons. The highest BCUT2D eigenvalue weighted by molar-refractivity contribution is 5.73. The molecule has 5 heteroatoms. The standard InChI is InChI=1S/C15H26N2O3/c1-7-10(14(19)20-8-2)12(18)11-9-17(6)16-13(11)15(3,4)5/h9-10,12,18H,7-8H2,1-6H3. The zero-order valence-corrected chi connectivity index (χ0v) is 13.3. The molecule has 0 aliphatic rings. The van der Waals surface area contributed by atoms with Crippen molar-refractivity contribution >= 4 is 5.97 Å². The van der Waals surface area contributed by atoms with Gasteiger partial charge in [0.25, 0.3) is 0 Å². The normalized spacial score (nSPS) is 14.9. The Bertz CT molecular complexity index is 460. The number of rotatable bonds is 5. The van der Waals surface area contributed by atoms with Gasteiger partial charge < -0.3 is 9.84 Å². The van der Waals surface area contributed by atoms with Crippen LogP contribution in [0.1, 0.15) is 58.4 Å². The molecule has 0 aromatic carbocycles. The maximum Gasteiger partial charge on any atom is 0.311 e. The molecule has 0 saturated heterocycles. The fourth-order valence-electron chi connectivity index (χ4n) is 2.29. The lowest BCUT2D eigenvalue weighted by molar-refractivity contribution is -0.152. The fraction of sp³-hybridized carbons (Fsp3) is 0.733. The molecule has 114 valence electrons. The number of hydrogen-bond donors (Lipinski definition) is 1. The average molecular weight is 282 g/mol. The monoisotopic (exact) mass is 282 g/mol. The summed E-state index contributed by atoms with van der Waals surface area (Å²) in [4.78, 5) is 11.9. The summed E-state index contributed by atoms with van der Waals surface area (Å²) in [7, 11) is 1.82. The Balaban J connectivity index is 3.13. The van der Waals surface area contributed by atoms with Gasteiger partial charge in [0.2, 0.25) is 0 Å². The number of aromatic nitrogens is 2. The molecule has 1 aromatic heterocycles. The van der Waals surface area contributed by atoms with Crippen molar-refractivity contribution in [3.63, 3.8) is 0 Å². The SMILES string of the molecule is CCOC(=O)C(CC)C(O)c1cn(C)nc1C(C)(C)C. The van der Waals surface area contributed by atoms with Crippen LogP contribution >= 0.6 is 0 Å². The fourth-order valence-corrected chi connectivity index (χ4v) is 2.29. The molecule has 0 aliphatic heterocycles. The second-order valence-electron chi connectivity index (χ2n) is 6.07. The van der Waals surface area contributed by atoms with Crippen molar-refractivity contribution in [1.29, 1.82) is 0 Å². The highest BCUT2D eigenvalue weighted by Crippen LogP contribution is 2.33. The average Bonchev–Trinajstić information content (AvgIpc) is 2.72. The molecule has 0 spiro atoms. The third kappa shape index (κ3) is 3.60. The van der Waals surface area contributed by atoms with Gasteiger partial charge in [0.1, 0.15) is 0 Å². The molecule has 1 heterocycles. The summed E-state index contributed by atoms with van der Waals surface area (Å²) in [6.45, 7) is 10.1. The zero-order valence-electron chi connectivity index (χ0n) is 13.3. The minimum absolute atomic E-state index is 0.190. The molecule has 2 unspecified atom stereocenters. The lowest BCUT2D eigenvalue weighted by Crippen LogP contribution is -2.26. The first-order valence-electron chi connectivity index (χ1n) is 7.11. The second-order valence-corrected chi connectivity index (χ2v) is 6.07. The second kappa shape index (κ2) is 6.39. The number of aliphatic hydroxyl groups is 1. The lowest BCUT2D eigenvalue weighted by Gasteiger charge is -2.23. The van der Waals surface area contributed by atoms with E-state index in [2.05, 4.69) is 5.10 Å². The van der Waals surface area contributed by atoms with E-state index in [9.17, 15) is 9.90 Å². The Morgan fingerprint density at radius 1 is 1.45 bits per heavy atom. The molecule has 1 rings (SSSR count). The Hall–Kier alpha value is -1.36. The van der Waals surface area contributed by atoms with Gasteiger partial charge in [-0.3, -0.25) is 9.48 Å². The predicted octanol–water partition coefficient (Wildman–Crippen LogP) is 2.34. The zero-order chi connectivity index (χ0) is 15.5. The van der Waals surface area contributed by atoms with Crippen LogP contribution in [0.15, 0.2) is 6.20 Å². The molecule has 20 heavy (non-hydrogen) atoms. The summed E-state index contributed by atoms with van der Waals surface area (Å²) in [6.07, 6.45) is 1.42. The van der Waals surface area contributed by atoms with Gasteiger partial charge in [-0.25, -0.2) is 0 Å². The van der Waals surface area contributed by atoms with Crippen molar-refractivity contribution in [2.24, 2.45) is 13.0 Å². The molecule has 0 saturated carbocycles. The van der Waals surface area contributed by atoms with Crippen molar-refractivity contribution in [2.75, 3.05) is 6.61 Å². The van der Waals surface area contributed by atoms with Gasteiger partial charge in [0.15, 0.2) is 0 Å². The van der Waals surface area contributed by atoms with Gasteiger partial charge in [-0.1, -0.05) is 27.7 Å². The summed E-state index contributed by atoms with van der Waals surface area (Å²) in [6, 6.07) is 0. The summed E-state index contributed by atoms with van der Waals surface area (Å²) in [5.74, 6) is -0.911. The van der Waals surface area contributed by atoms with E-state index in [0.29, 0.717) is 18.6 Å². The molecule has 1 aromatic rings. The largest absolute Gasteiger partial charge is 0.466 e. The topological polar surface area (TPSA) is 64.3 Å². The van der Waals surface area contributed by atoms with Gasteiger partial charge in [-0.15, -0.1) is 0 Å². The van der Waals surface area contributed by atoms with Crippen LogP contribution in [0.5, 0.6) is 0 Å². The van der Waals surface area contributed by atoms with Crippen LogP contribution in [0, 0.1) is 5.92 Å². The number of aliphatic hydroxyl groups excluding tert-OH is 1. The first kappa shape index (κ1) is 16.7. The van der Waals surface area contributed by atoms with E-state index in [1.54, 1.807) is 17.8 Å². The van der Waals surface area contributed by atoms with E-state index in [0.717, 1.165) is 5.69 Å². The number of aryl methyl sites for hydroxylation is 1. The Kier molecular flexibility index (Phi) is 5.34. The van der Waals surface area contributed by atoms with E-state index < -0.39 is 12.0 Å². The quantitative estimate of drug-likeness (QED) is 0.842. The molecule has 0 aliphatic carbocycles. The first-order valence-corrected chi connectivity index (χ1v) is 7.11. The smallest absolute Gasteiger partial charge is 0.311 e. The lowest BCUT2D eigenvalue weighted by atomic mass is 9.84. The maximum absolute atomic E-state index is 11.9. The summed E-state index contributed by atoms with van der Waals surface area (Å²) in [5, 5.41) is 15.0. The third-order valence-corrected chi connectivity index (χ3v) is 3.30. The molecule has 5 nitrogen and oxygen atoms in total. The molecule has 2 atom stereocenters. The summed E-state index contributed by atoms with van der Waals surface area (Å²) >= 11 is 0. The highest BCUT2D eigenvalue weighted by atomic mass is 16.5. The molecule has 1 N–H and O–H groups in total. The van der Waals surface area contributed by atoms with Gasteiger partial charge in [-0.2, -0.15) is 5.10 Å². The van der Waals surface area contributed by atoms with Gasteiger partial charge in [0, 0.05) is 24.2 Å². The van der Waals surface area contributed by atoms with Crippen LogP contribution in [0.25, 0.3) is 0 Å². The number of esters is 1. The van der Waals surface area contributed by atoms with Crippen LogP contribution < -0.4 is 0 Å². The van der Waals surface area contributed by atoms with E-state index in [4.69, 9.17) is 4.74 Å². The van der Waals surface area contributed by atoms with Crippen LogP contribution in [-0.2, 0) is 22.0 Å². The van der Waals surface area contributed by atoms with Crippen molar-refractivity contribution in [3.05, 3.63) is 17.5 Å². The minimum Gasteiger partial charge on any atom is -0.466 e. The van der Waals surface area contributed by atoms with Crippen molar-refractivity contribution in [1.82, 2.24) is 9.78 Å². The van der Waals surface area contributed by atoms with Crippen molar-refractivity contribution in [2.45, 2.75) is 52.6 Å². The number of nitrogens with zero attached hydrogens (tertiary/aromatic N) is 2. The highest BCUT2D eigenvalue weighted by Gasteiger charge is 2.33. The van der Waals surface area contributed by atoms with Gasteiger partial charge in [-0.05, 0) is 13.3 Å². The molecule has 0 bridgehead atoms. The van der Waals surface area contributed by atoms with E-state index in [-0.39, 0.29) is 11.4 Å². The predicted molar refractivity (Wildman–Crippen MR) is 77.3 cm³/mol. The molecule has 0 fully saturated rings. The van der Waals surface area contributed by atoms with Gasteiger partial charge >= 0.3 is 5.97 Å². The molecular formula is C15H26N2O3. The van der Waals surface area contributed by atoms with E-state index >= 15 is 0 Å². The Morgan fingerprint density at radius 2 is 2.05 bits per heavy atom. The number of ether oxygens (including phenoxy) is 1. The summed E-state index contributed by atoms with van der Waals surface area (Å²) in [5.41, 5.74) is 1.33. The minimum atomic E-state index is -0.887. The molecular weight excluding hydrogens is 256 g/mol. The number of carbonyl (C=O) groups is 1. The van der Waals surface area contributed by atoms with Crippen LogP contribution in [0.4, 0.5) is 0 Å². The van der Waals surface area contributed by atoms with Crippen molar-refractivity contribution in [3.8, 4) is 0 Å². The van der Waals surface area contributed by atoms with Crippen molar-refractivity contribution < 1.29 is 14.6 Å². The van der Waals surface area contributed by atoms with E-state index in [1.165, 1.54) is 0 Å². The van der Waals surface area contributed by atoms with Gasteiger partial charge in [0.05, 0.1) is 24.3 Å². The first-order chi connectivity index (χ1) is 9.22. The maximum atomic E-state index is 11.9. The Labute approximate surface area is 120 Å². The summed E-state index contributed by atoms with van der Waals surface area (Å²) < 4.78 is 6.72. The van der Waals surface area contributed by atoms with E-state index in [1.807, 2.05) is 34.7 Å². The number of hydrogen-bond acceptors (Lipinski definition) is 4. The molecule has 0 amide bonds.